The highest BCUT2D eigenvalue weighted by Gasteiger charge is 2.51. The van der Waals surface area contributed by atoms with Crippen molar-refractivity contribution in [2.75, 3.05) is 4.90 Å². The summed E-state index contributed by atoms with van der Waals surface area (Å²) in [6, 6.07) is 16.9. The number of carbonyl (C=O) groups is 2. The quantitative estimate of drug-likeness (QED) is 0.473. The van der Waals surface area contributed by atoms with Crippen LogP contribution in [0.15, 0.2) is 54.6 Å². The van der Waals surface area contributed by atoms with Crippen LogP contribution < -0.4 is 4.90 Å². The summed E-state index contributed by atoms with van der Waals surface area (Å²) >= 11 is 6.26. The third-order valence-corrected chi connectivity index (χ3v) is 7.44. The number of anilines is 1. The van der Waals surface area contributed by atoms with Gasteiger partial charge in [0.05, 0.1) is 18.7 Å². The second-order valence-electron chi connectivity index (χ2n) is 9.63. The van der Waals surface area contributed by atoms with Crippen LogP contribution in [0.1, 0.15) is 63.0 Å². The molecule has 0 saturated heterocycles. The number of Topliss-reactive ketones (excluding diaryl/α,β-unsaturated/α-hetero) is 1. The number of amides is 1. The molecule has 1 aliphatic heterocycles. The summed E-state index contributed by atoms with van der Waals surface area (Å²) in [5, 5.41) is 12.1. The van der Waals surface area contributed by atoms with Gasteiger partial charge in [0.2, 0.25) is 0 Å². The Morgan fingerprint density at radius 1 is 1.00 bits per heavy atom. The summed E-state index contributed by atoms with van der Waals surface area (Å²) in [6.07, 6.45) is 3.96. The number of aliphatic hydroxyl groups is 1. The smallest absolute Gasteiger partial charge is 0.264 e. The Morgan fingerprint density at radius 3 is 2.53 bits per heavy atom. The van der Waals surface area contributed by atoms with E-state index in [0.29, 0.717) is 28.4 Å². The fraction of sp³-hybridized carbons (Fsp3) is 0.310. The number of carbonyl (C=O) groups excluding carboxylic acids is 2. The van der Waals surface area contributed by atoms with Crippen LogP contribution in [0, 0.1) is 13.8 Å². The van der Waals surface area contributed by atoms with E-state index in [1.165, 1.54) is 17.5 Å². The molecule has 5 rings (SSSR count). The second kappa shape index (κ2) is 8.68. The minimum Gasteiger partial charge on any atom is -0.375 e. The molecule has 1 aliphatic carbocycles. The molecule has 174 valence electrons. The van der Waals surface area contributed by atoms with Crippen molar-refractivity contribution in [3.05, 3.63) is 98.6 Å². The van der Waals surface area contributed by atoms with Gasteiger partial charge < -0.3 is 10.0 Å². The van der Waals surface area contributed by atoms with Crippen LogP contribution >= 0.6 is 11.6 Å². The monoisotopic (exact) mass is 473 g/mol. The van der Waals surface area contributed by atoms with Gasteiger partial charge in [0.1, 0.15) is 0 Å². The molecule has 3 aromatic rings. The second-order valence-corrected chi connectivity index (χ2v) is 10.1. The minimum atomic E-state index is -1.95. The molecule has 0 radical (unpaired) electrons. The van der Waals surface area contributed by atoms with E-state index >= 15 is 0 Å². The van der Waals surface area contributed by atoms with Crippen LogP contribution in [0.5, 0.6) is 0 Å². The molecule has 0 aromatic heterocycles. The summed E-state index contributed by atoms with van der Waals surface area (Å²) in [5.74, 6) is -0.737. The summed E-state index contributed by atoms with van der Waals surface area (Å²) in [6.45, 7) is 4.35. The van der Waals surface area contributed by atoms with Gasteiger partial charge >= 0.3 is 0 Å². The number of benzene rings is 3. The lowest BCUT2D eigenvalue weighted by atomic mass is 9.85. The molecule has 0 fully saturated rings. The first-order valence-electron chi connectivity index (χ1n) is 11.8. The largest absolute Gasteiger partial charge is 0.375 e. The number of fused-ring (bicyclic) bond motifs is 2. The van der Waals surface area contributed by atoms with Gasteiger partial charge in [-0.15, -0.1) is 0 Å². The Morgan fingerprint density at radius 2 is 1.76 bits per heavy atom. The van der Waals surface area contributed by atoms with Crippen molar-refractivity contribution >= 4 is 29.0 Å². The number of ketones is 1. The summed E-state index contributed by atoms with van der Waals surface area (Å²) in [4.78, 5) is 28.6. The number of aryl methyl sites for hydroxylation is 4. The molecule has 0 saturated carbocycles. The zero-order valence-corrected chi connectivity index (χ0v) is 20.3. The molecule has 1 amide bonds. The highest BCUT2D eigenvalue weighted by molar-refractivity contribution is 6.31. The first kappa shape index (κ1) is 22.8. The number of hydrogen-bond acceptors (Lipinski definition) is 3. The Balaban J connectivity index is 1.48. The number of hydrogen-bond donors (Lipinski definition) is 1. The highest BCUT2D eigenvalue weighted by atomic mass is 35.5. The Kier molecular flexibility index (Phi) is 5.83. The van der Waals surface area contributed by atoms with Gasteiger partial charge in [0.25, 0.3) is 5.91 Å². The molecule has 1 unspecified atom stereocenters. The normalized spacial score (nSPS) is 19.2. The Bertz CT molecular complexity index is 1310. The van der Waals surface area contributed by atoms with Crippen molar-refractivity contribution in [3.63, 3.8) is 0 Å². The average molecular weight is 474 g/mol. The van der Waals surface area contributed by atoms with Crippen molar-refractivity contribution in [1.29, 1.82) is 0 Å². The van der Waals surface area contributed by atoms with Crippen LogP contribution in [0.2, 0.25) is 5.02 Å². The van der Waals surface area contributed by atoms with E-state index in [1.54, 1.807) is 23.1 Å². The molecular weight excluding hydrogens is 446 g/mol. The van der Waals surface area contributed by atoms with E-state index < -0.39 is 11.5 Å². The lowest BCUT2D eigenvalue weighted by molar-refractivity contribution is -0.136. The predicted octanol–water partition coefficient (Wildman–Crippen LogP) is 5.84. The van der Waals surface area contributed by atoms with Crippen LogP contribution in [0.3, 0.4) is 0 Å². The van der Waals surface area contributed by atoms with E-state index in [0.717, 1.165) is 36.0 Å². The zero-order valence-electron chi connectivity index (χ0n) is 19.5. The third-order valence-electron chi connectivity index (χ3n) is 7.21. The highest BCUT2D eigenvalue weighted by Crippen LogP contribution is 2.45. The van der Waals surface area contributed by atoms with E-state index in [2.05, 4.69) is 6.07 Å². The topological polar surface area (TPSA) is 57.6 Å². The Labute approximate surface area is 205 Å². The minimum absolute atomic E-state index is 0.247. The van der Waals surface area contributed by atoms with E-state index in [9.17, 15) is 14.7 Å². The molecule has 1 heterocycles. The summed E-state index contributed by atoms with van der Waals surface area (Å²) in [7, 11) is 0. The first-order chi connectivity index (χ1) is 16.3. The third kappa shape index (κ3) is 3.95. The van der Waals surface area contributed by atoms with Gasteiger partial charge in [0, 0.05) is 16.1 Å². The van der Waals surface area contributed by atoms with Gasteiger partial charge in [-0.25, -0.2) is 0 Å². The molecule has 34 heavy (non-hydrogen) atoms. The molecule has 1 atom stereocenters. The lowest BCUT2D eigenvalue weighted by Gasteiger charge is -2.24. The van der Waals surface area contributed by atoms with Crippen LogP contribution in [-0.2, 0) is 29.8 Å². The maximum Gasteiger partial charge on any atom is 0.264 e. The van der Waals surface area contributed by atoms with E-state index in [1.807, 2.05) is 44.2 Å². The zero-order chi connectivity index (χ0) is 24.0. The van der Waals surface area contributed by atoms with Crippen molar-refractivity contribution < 1.29 is 14.7 Å². The molecule has 5 heteroatoms. The van der Waals surface area contributed by atoms with Crippen molar-refractivity contribution in [2.45, 2.75) is 58.1 Å². The molecule has 1 N–H and O–H groups in total. The molecule has 0 spiro atoms. The molecule has 2 aliphatic rings. The molecular formula is C29H28ClNO3. The summed E-state index contributed by atoms with van der Waals surface area (Å²) in [5.41, 5.74) is 5.26. The predicted molar refractivity (Wildman–Crippen MR) is 134 cm³/mol. The van der Waals surface area contributed by atoms with Gasteiger partial charge in [-0.1, -0.05) is 47.5 Å². The van der Waals surface area contributed by atoms with Crippen molar-refractivity contribution in [1.82, 2.24) is 0 Å². The maximum absolute atomic E-state index is 13.7. The summed E-state index contributed by atoms with van der Waals surface area (Å²) < 4.78 is 0. The maximum atomic E-state index is 13.7. The molecule has 3 aromatic carbocycles. The number of halogens is 1. The van der Waals surface area contributed by atoms with Crippen molar-refractivity contribution in [3.8, 4) is 0 Å². The fourth-order valence-corrected chi connectivity index (χ4v) is 5.46. The van der Waals surface area contributed by atoms with Gasteiger partial charge in [-0.05, 0) is 86.1 Å². The number of rotatable bonds is 5. The van der Waals surface area contributed by atoms with Crippen molar-refractivity contribution in [2.24, 2.45) is 0 Å². The number of nitrogens with zero attached hydrogens (tertiary/aromatic N) is 1. The SMILES string of the molecule is Cc1ccc(CN2C(=O)C(O)(CC(=O)c3ccc4c(c3)CCCC4)c3cc(Cl)ccc32)c(C)c1. The van der Waals surface area contributed by atoms with Crippen LogP contribution in [0.4, 0.5) is 5.69 Å². The molecule has 0 bridgehead atoms. The standard InChI is InChI=1S/C29H28ClNO3/c1-18-7-8-23(19(2)13-18)17-31-26-12-11-24(30)15-25(26)29(34,28(31)33)16-27(32)22-10-9-20-5-3-4-6-21(20)14-22/h7-15,34H,3-6,16-17H2,1-2H3. The van der Waals surface area contributed by atoms with Crippen LogP contribution in [-0.4, -0.2) is 16.8 Å². The lowest BCUT2D eigenvalue weighted by Crippen LogP contribution is -2.41. The van der Waals surface area contributed by atoms with Crippen LogP contribution in [0.25, 0.3) is 0 Å². The first-order valence-corrected chi connectivity index (χ1v) is 12.2. The van der Waals surface area contributed by atoms with E-state index in [4.69, 9.17) is 11.6 Å². The Hall–Kier alpha value is -2.95. The van der Waals surface area contributed by atoms with Gasteiger partial charge in [-0.3, -0.25) is 9.59 Å². The average Bonchev–Trinajstić information content (AvgIpc) is 3.01. The van der Waals surface area contributed by atoms with Gasteiger partial charge in [-0.2, -0.15) is 0 Å². The van der Waals surface area contributed by atoms with Gasteiger partial charge in [0.15, 0.2) is 11.4 Å². The molecule has 4 nitrogen and oxygen atoms in total. The van der Waals surface area contributed by atoms with E-state index in [-0.39, 0.29) is 12.2 Å². The fourth-order valence-electron chi connectivity index (χ4n) is 5.29.